The van der Waals surface area contributed by atoms with E-state index >= 15 is 0 Å². The first-order chi connectivity index (χ1) is 8.31. The van der Waals surface area contributed by atoms with Crippen LogP contribution in [0, 0.1) is 0 Å². The monoisotopic (exact) mass is 233 g/mol. The predicted octanol–water partition coefficient (Wildman–Crippen LogP) is 1.01. The van der Waals surface area contributed by atoms with E-state index in [1.165, 1.54) is 12.8 Å². The molecular formula is C13H19N3O. The molecule has 0 saturated carbocycles. The molecule has 92 valence electrons. The van der Waals surface area contributed by atoms with E-state index in [0.29, 0.717) is 0 Å². The lowest BCUT2D eigenvalue weighted by molar-refractivity contribution is -0.122. The molecular weight excluding hydrogens is 214 g/mol. The number of hydrogen-bond acceptors (Lipinski definition) is 3. The minimum absolute atomic E-state index is 0.0740. The Morgan fingerprint density at radius 2 is 2.29 bits per heavy atom. The number of pyridine rings is 1. The van der Waals surface area contributed by atoms with E-state index in [1.807, 2.05) is 12.1 Å². The Bertz CT molecular complexity index is 360. The molecule has 1 fully saturated rings. The summed E-state index contributed by atoms with van der Waals surface area (Å²) >= 11 is 0. The second-order valence-electron chi connectivity index (χ2n) is 4.46. The highest BCUT2D eigenvalue weighted by molar-refractivity contribution is 5.83. The summed E-state index contributed by atoms with van der Waals surface area (Å²) in [5.74, 6) is -0.0308. The highest BCUT2D eigenvalue weighted by Crippen LogP contribution is 2.19. The first-order valence-corrected chi connectivity index (χ1v) is 6.15. The van der Waals surface area contributed by atoms with Crippen LogP contribution < -0.4 is 5.32 Å². The van der Waals surface area contributed by atoms with Crippen LogP contribution in [0.1, 0.15) is 24.3 Å². The van der Waals surface area contributed by atoms with E-state index in [0.717, 1.165) is 25.2 Å². The van der Waals surface area contributed by atoms with Crippen molar-refractivity contribution in [3.8, 4) is 0 Å². The Balaban J connectivity index is 2.10. The maximum Gasteiger partial charge on any atom is 0.228 e. The summed E-state index contributed by atoms with van der Waals surface area (Å²) in [5.41, 5.74) is 0.999. The maximum atomic E-state index is 11.9. The average molecular weight is 233 g/mol. The van der Waals surface area contributed by atoms with Crippen molar-refractivity contribution in [1.29, 1.82) is 0 Å². The number of carbonyl (C=O) groups is 1. The molecule has 1 saturated heterocycles. The summed E-state index contributed by atoms with van der Waals surface area (Å²) < 4.78 is 0. The standard InChI is InChI=1S/C13H19N3O/c1-14-13(17)12(10-16-7-2-3-8-16)11-5-4-6-15-9-11/h4-6,9,12H,2-3,7-8,10H2,1H3,(H,14,17). The molecule has 1 amide bonds. The van der Waals surface area contributed by atoms with Gasteiger partial charge in [-0.25, -0.2) is 0 Å². The molecule has 4 nitrogen and oxygen atoms in total. The molecule has 0 radical (unpaired) electrons. The summed E-state index contributed by atoms with van der Waals surface area (Å²) in [6, 6.07) is 3.86. The fourth-order valence-corrected chi connectivity index (χ4v) is 2.32. The van der Waals surface area contributed by atoms with Gasteiger partial charge in [0.1, 0.15) is 0 Å². The molecule has 1 aliphatic heterocycles. The third kappa shape index (κ3) is 3.03. The second kappa shape index (κ2) is 5.77. The van der Waals surface area contributed by atoms with Crippen molar-refractivity contribution < 1.29 is 4.79 Å². The molecule has 0 bridgehead atoms. The molecule has 2 rings (SSSR count). The SMILES string of the molecule is CNC(=O)C(CN1CCCC1)c1cccnc1. The van der Waals surface area contributed by atoms with Gasteiger partial charge in [0.2, 0.25) is 5.91 Å². The van der Waals surface area contributed by atoms with Gasteiger partial charge < -0.3 is 10.2 Å². The first-order valence-electron chi connectivity index (χ1n) is 6.15. The van der Waals surface area contributed by atoms with Crippen LogP contribution in [0.4, 0.5) is 0 Å². The number of nitrogens with zero attached hydrogens (tertiary/aromatic N) is 2. The summed E-state index contributed by atoms with van der Waals surface area (Å²) in [6.07, 6.45) is 6.01. The van der Waals surface area contributed by atoms with E-state index in [1.54, 1.807) is 19.4 Å². The van der Waals surface area contributed by atoms with Gasteiger partial charge in [-0.2, -0.15) is 0 Å². The molecule has 0 aromatic carbocycles. The topological polar surface area (TPSA) is 45.2 Å². The lowest BCUT2D eigenvalue weighted by Crippen LogP contribution is -2.35. The summed E-state index contributed by atoms with van der Waals surface area (Å²) in [7, 11) is 1.69. The van der Waals surface area contributed by atoms with Gasteiger partial charge in [-0.15, -0.1) is 0 Å². The molecule has 0 spiro atoms. The molecule has 0 aliphatic carbocycles. The van der Waals surface area contributed by atoms with Crippen molar-refractivity contribution in [2.75, 3.05) is 26.7 Å². The van der Waals surface area contributed by atoms with Crippen LogP contribution in [-0.4, -0.2) is 42.5 Å². The van der Waals surface area contributed by atoms with Gasteiger partial charge in [0, 0.05) is 26.0 Å². The Kier molecular flexibility index (Phi) is 4.09. The Labute approximate surface area is 102 Å². The summed E-state index contributed by atoms with van der Waals surface area (Å²) in [5, 5.41) is 2.74. The van der Waals surface area contributed by atoms with Gasteiger partial charge in [-0.3, -0.25) is 9.78 Å². The molecule has 4 heteroatoms. The number of likely N-dealkylation sites (N-methyl/N-ethyl adjacent to an activating group) is 1. The van der Waals surface area contributed by atoms with Crippen molar-refractivity contribution in [2.24, 2.45) is 0 Å². The fraction of sp³-hybridized carbons (Fsp3) is 0.538. The number of likely N-dealkylation sites (tertiary alicyclic amines) is 1. The largest absolute Gasteiger partial charge is 0.359 e. The van der Waals surface area contributed by atoms with E-state index in [9.17, 15) is 4.79 Å². The van der Waals surface area contributed by atoms with E-state index in [-0.39, 0.29) is 11.8 Å². The number of hydrogen-bond donors (Lipinski definition) is 1. The smallest absolute Gasteiger partial charge is 0.228 e. The average Bonchev–Trinajstić information content (AvgIpc) is 2.89. The highest BCUT2D eigenvalue weighted by Gasteiger charge is 2.24. The van der Waals surface area contributed by atoms with Crippen LogP contribution >= 0.6 is 0 Å². The molecule has 1 aromatic heterocycles. The molecule has 1 N–H and O–H groups in total. The first kappa shape index (κ1) is 12.0. The number of amides is 1. The van der Waals surface area contributed by atoms with Gasteiger partial charge in [-0.05, 0) is 37.6 Å². The van der Waals surface area contributed by atoms with Crippen molar-refractivity contribution in [2.45, 2.75) is 18.8 Å². The van der Waals surface area contributed by atoms with Crippen LogP contribution in [0.3, 0.4) is 0 Å². The summed E-state index contributed by atoms with van der Waals surface area (Å²) in [4.78, 5) is 18.4. The van der Waals surface area contributed by atoms with Crippen LogP contribution in [0.25, 0.3) is 0 Å². The Morgan fingerprint density at radius 1 is 1.53 bits per heavy atom. The molecule has 2 heterocycles. The van der Waals surface area contributed by atoms with Crippen LogP contribution in [0.15, 0.2) is 24.5 Å². The van der Waals surface area contributed by atoms with E-state index in [2.05, 4.69) is 15.2 Å². The van der Waals surface area contributed by atoms with Crippen molar-refractivity contribution in [3.05, 3.63) is 30.1 Å². The van der Waals surface area contributed by atoms with Crippen molar-refractivity contribution >= 4 is 5.91 Å². The molecule has 17 heavy (non-hydrogen) atoms. The lowest BCUT2D eigenvalue weighted by Gasteiger charge is -2.22. The predicted molar refractivity (Wildman–Crippen MR) is 66.7 cm³/mol. The zero-order chi connectivity index (χ0) is 12.1. The maximum absolute atomic E-state index is 11.9. The number of rotatable bonds is 4. The van der Waals surface area contributed by atoms with Crippen LogP contribution in [-0.2, 0) is 4.79 Å². The van der Waals surface area contributed by atoms with E-state index in [4.69, 9.17) is 0 Å². The molecule has 1 aliphatic rings. The quantitative estimate of drug-likeness (QED) is 0.844. The number of nitrogens with one attached hydrogen (secondary N) is 1. The zero-order valence-corrected chi connectivity index (χ0v) is 10.2. The minimum atomic E-state index is -0.105. The van der Waals surface area contributed by atoms with Gasteiger partial charge >= 0.3 is 0 Å². The highest BCUT2D eigenvalue weighted by atomic mass is 16.1. The zero-order valence-electron chi connectivity index (χ0n) is 10.2. The molecule has 1 aromatic rings. The molecule has 1 atom stereocenters. The molecule has 1 unspecified atom stereocenters. The van der Waals surface area contributed by atoms with Crippen LogP contribution in [0.2, 0.25) is 0 Å². The van der Waals surface area contributed by atoms with Gasteiger partial charge in [0.25, 0.3) is 0 Å². The fourth-order valence-electron chi connectivity index (χ4n) is 2.32. The lowest BCUT2D eigenvalue weighted by atomic mass is 9.99. The van der Waals surface area contributed by atoms with Crippen molar-refractivity contribution in [1.82, 2.24) is 15.2 Å². The number of carbonyl (C=O) groups excluding carboxylic acids is 1. The van der Waals surface area contributed by atoms with Gasteiger partial charge in [-0.1, -0.05) is 6.07 Å². The third-order valence-electron chi connectivity index (χ3n) is 3.29. The Hall–Kier alpha value is -1.42. The van der Waals surface area contributed by atoms with Gasteiger partial charge in [0.15, 0.2) is 0 Å². The number of aromatic nitrogens is 1. The third-order valence-corrected chi connectivity index (χ3v) is 3.29. The Morgan fingerprint density at radius 3 is 2.88 bits per heavy atom. The van der Waals surface area contributed by atoms with Crippen LogP contribution in [0.5, 0.6) is 0 Å². The van der Waals surface area contributed by atoms with E-state index < -0.39 is 0 Å². The van der Waals surface area contributed by atoms with Crippen molar-refractivity contribution in [3.63, 3.8) is 0 Å². The normalized spacial score (nSPS) is 17.9. The second-order valence-corrected chi connectivity index (χ2v) is 4.46. The summed E-state index contributed by atoms with van der Waals surface area (Å²) in [6.45, 7) is 3.01. The minimum Gasteiger partial charge on any atom is -0.359 e. The van der Waals surface area contributed by atoms with Gasteiger partial charge in [0.05, 0.1) is 5.92 Å².